The van der Waals surface area contributed by atoms with Crippen LogP contribution in [0.15, 0.2) is 90.6 Å². The first kappa shape index (κ1) is 23.1. The van der Waals surface area contributed by atoms with Crippen LogP contribution in [-0.2, 0) is 6.54 Å². The molecule has 32 heavy (non-hydrogen) atoms. The third kappa shape index (κ3) is 5.36. The van der Waals surface area contributed by atoms with Gasteiger partial charge in [0.1, 0.15) is 6.17 Å². The Kier molecular flexibility index (Phi) is 7.68. The number of hydrogen-bond donors (Lipinski definition) is 3. The molecule has 1 aromatic carbocycles. The second kappa shape index (κ2) is 10.6. The summed E-state index contributed by atoms with van der Waals surface area (Å²) in [7, 11) is 0. The van der Waals surface area contributed by atoms with Crippen LogP contribution in [0.1, 0.15) is 23.2 Å². The summed E-state index contributed by atoms with van der Waals surface area (Å²) >= 11 is 0. The van der Waals surface area contributed by atoms with Crippen LogP contribution in [-0.4, -0.2) is 40.0 Å². The van der Waals surface area contributed by atoms with Gasteiger partial charge >= 0.3 is 0 Å². The topological polar surface area (TPSA) is 86.2 Å². The van der Waals surface area contributed by atoms with E-state index >= 15 is 4.39 Å². The summed E-state index contributed by atoms with van der Waals surface area (Å²) in [5.41, 5.74) is 7.88. The van der Waals surface area contributed by atoms with Crippen LogP contribution in [0.3, 0.4) is 0 Å². The molecule has 1 heterocycles. The van der Waals surface area contributed by atoms with Gasteiger partial charge in [-0.25, -0.2) is 8.78 Å². The summed E-state index contributed by atoms with van der Waals surface area (Å²) in [6, 6.07) is 12.4. The number of nitrogens with zero attached hydrogens (tertiary/aromatic N) is 2. The van der Waals surface area contributed by atoms with E-state index in [1.54, 1.807) is 30.5 Å². The van der Waals surface area contributed by atoms with Gasteiger partial charge in [-0.15, -0.1) is 0 Å². The molecule has 1 aromatic heterocycles. The predicted molar refractivity (Wildman–Crippen MR) is 123 cm³/mol. The van der Waals surface area contributed by atoms with Gasteiger partial charge < -0.3 is 15.7 Å². The molecular formula is C25H26F2N4O. The number of aliphatic hydroxyl groups is 1. The summed E-state index contributed by atoms with van der Waals surface area (Å²) in [5, 5.41) is 18.0. The largest absolute Gasteiger partial charge is 0.396 e. The number of aliphatic hydroxyl groups excluding tert-OH is 1. The van der Waals surface area contributed by atoms with Crippen molar-refractivity contribution in [1.29, 1.82) is 5.41 Å². The lowest BCUT2D eigenvalue weighted by Gasteiger charge is -2.27. The maximum atomic E-state index is 15.2. The molecule has 4 N–H and O–H groups in total. The van der Waals surface area contributed by atoms with Crippen molar-refractivity contribution in [3.63, 3.8) is 0 Å². The number of rotatable bonds is 9. The zero-order valence-corrected chi connectivity index (χ0v) is 17.6. The van der Waals surface area contributed by atoms with Gasteiger partial charge in [0.15, 0.2) is 5.83 Å². The Balaban J connectivity index is 1.91. The van der Waals surface area contributed by atoms with Gasteiger partial charge in [-0.05, 0) is 23.8 Å². The summed E-state index contributed by atoms with van der Waals surface area (Å²) in [6.07, 6.45) is 4.95. The van der Waals surface area contributed by atoms with E-state index in [2.05, 4.69) is 11.6 Å². The van der Waals surface area contributed by atoms with Crippen molar-refractivity contribution in [3.8, 4) is 0 Å². The molecule has 0 amide bonds. The fourth-order valence-corrected chi connectivity index (χ4v) is 3.41. The van der Waals surface area contributed by atoms with Gasteiger partial charge in [0.2, 0.25) is 0 Å². The zero-order chi connectivity index (χ0) is 23.1. The van der Waals surface area contributed by atoms with E-state index in [-0.39, 0.29) is 18.7 Å². The van der Waals surface area contributed by atoms with Crippen LogP contribution in [0.2, 0.25) is 0 Å². The number of nitrogens with one attached hydrogen (secondary N) is 1. The molecule has 3 rings (SSSR count). The molecule has 1 unspecified atom stereocenters. The van der Waals surface area contributed by atoms with Crippen molar-refractivity contribution in [2.24, 2.45) is 5.73 Å². The second-order valence-electron chi connectivity index (χ2n) is 7.33. The van der Waals surface area contributed by atoms with E-state index in [0.717, 1.165) is 5.69 Å². The molecule has 0 spiro atoms. The molecule has 0 fully saturated rings. The Morgan fingerprint density at radius 2 is 1.94 bits per heavy atom. The average molecular weight is 437 g/mol. The quantitative estimate of drug-likeness (QED) is 0.512. The molecular weight excluding hydrogens is 410 g/mol. The van der Waals surface area contributed by atoms with Crippen LogP contribution in [0.25, 0.3) is 5.70 Å². The molecule has 5 nitrogen and oxygen atoms in total. The third-order valence-corrected chi connectivity index (χ3v) is 5.15. The molecule has 0 bridgehead atoms. The number of hydrogen-bond acceptors (Lipinski definition) is 5. The van der Waals surface area contributed by atoms with Gasteiger partial charge in [0, 0.05) is 36.0 Å². The maximum absolute atomic E-state index is 15.2. The molecule has 0 aliphatic heterocycles. The van der Waals surface area contributed by atoms with E-state index in [4.69, 9.17) is 11.1 Å². The highest BCUT2D eigenvalue weighted by Gasteiger charge is 2.21. The van der Waals surface area contributed by atoms with E-state index < -0.39 is 17.7 Å². The van der Waals surface area contributed by atoms with Crippen molar-refractivity contribution in [3.05, 3.63) is 107 Å². The minimum atomic E-state index is -1.12. The smallest absolute Gasteiger partial charge is 0.172 e. The predicted octanol–water partition coefficient (Wildman–Crippen LogP) is 4.28. The van der Waals surface area contributed by atoms with Gasteiger partial charge in [0.25, 0.3) is 0 Å². The molecule has 0 radical (unpaired) electrons. The molecule has 2 aromatic rings. The van der Waals surface area contributed by atoms with Gasteiger partial charge in [-0.1, -0.05) is 49.1 Å². The Morgan fingerprint density at radius 3 is 2.56 bits per heavy atom. The van der Waals surface area contributed by atoms with Gasteiger partial charge in [-0.2, -0.15) is 0 Å². The Hall–Kier alpha value is -3.58. The van der Waals surface area contributed by atoms with Crippen molar-refractivity contribution < 1.29 is 13.9 Å². The molecule has 1 aliphatic rings. The number of nitrogens with two attached hydrogens (primary N) is 1. The van der Waals surface area contributed by atoms with Crippen molar-refractivity contribution in [2.75, 3.05) is 13.2 Å². The summed E-state index contributed by atoms with van der Waals surface area (Å²) in [4.78, 5) is 6.14. The first-order chi connectivity index (χ1) is 15.4. The van der Waals surface area contributed by atoms with Crippen LogP contribution < -0.4 is 5.73 Å². The Bertz CT molecular complexity index is 1080. The lowest BCUT2D eigenvalue weighted by atomic mass is 9.96. The van der Waals surface area contributed by atoms with E-state index in [0.29, 0.717) is 35.5 Å². The fourth-order valence-electron chi connectivity index (χ4n) is 3.41. The average Bonchev–Trinajstić information content (AvgIpc) is 2.83. The Morgan fingerprint density at radius 1 is 1.22 bits per heavy atom. The molecule has 7 heteroatoms. The third-order valence-electron chi connectivity index (χ3n) is 5.15. The molecule has 0 saturated heterocycles. The Labute approximate surface area is 186 Å². The van der Waals surface area contributed by atoms with Crippen molar-refractivity contribution in [1.82, 2.24) is 9.88 Å². The lowest BCUT2D eigenvalue weighted by Crippen LogP contribution is -2.26. The summed E-state index contributed by atoms with van der Waals surface area (Å²) < 4.78 is 28.5. The van der Waals surface area contributed by atoms with E-state index in [1.165, 1.54) is 18.2 Å². The van der Waals surface area contributed by atoms with Crippen LogP contribution in [0.4, 0.5) is 8.78 Å². The summed E-state index contributed by atoms with van der Waals surface area (Å²) in [5.74, 6) is -0.892. The highest BCUT2D eigenvalue weighted by atomic mass is 19.1. The SMILES string of the molecule is C=C(c1ccccc1C(=N)/C(F)=C(\N)C1=CCC(F)C=C1)N(CCO)Cc1ccccn1. The molecule has 1 atom stereocenters. The first-order valence-electron chi connectivity index (χ1n) is 10.2. The van der Waals surface area contributed by atoms with Crippen LogP contribution in [0, 0.1) is 5.41 Å². The van der Waals surface area contributed by atoms with Gasteiger partial charge in [-0.3, -0.25) is 10.4 Å². The normalized spacial score (nSPS) is 16.2. The number of benzene rings is 1. The van der Waals surface area contributed by atoms with E-state index in [9.17, 15) is 9.50 Å². The molecule has 0 saturated carbocycles. The molecule has 166 valence electrons. The van der Waals surface area contributed by atoms with Crippen molar-refractivity contribution >= 4 is 11.4 Å². The second-order valence-corrected chi connectivity index (χ2v) is 7.33. The zero-order valence-electron chi connectivity index (χ0n) is 17.6. The number of allylic oxidation sites excluding steroid dienone is 4. The number of aromatic nitrogens is 1. The number of halogens is 2. The fraction of sp³-hybridized carbons (Fsp3) is 0.200. The first-order valence-corrected chi connectivity index (χ1v) is 10.2. The monoisotopic (exact) mass is 436 g/mol. The van der Waals surface area contributed by atoms with Crippen LogP contribution >= 0.6 is 0 Å². The highest BCUT2D eigenvalue weighted by Crippen LogP contribution is 2.27. The number of pyridine rings is 1. The van der Waals surface area contributed by atoms with Gasteiger partial charge in [0.05, 0.1) is 30.3 Å². The lowest BCUT2D eigenvalue weighted by molar-refractivity contribution is 0.239. The van der Waals surface area contributed by atoms with Crippen LogP contribution in [0.5, 0.6) is 0 Å². The maximum Gasteiger partial charge on any atom is 0.172 e. The minimum absolute atomic E-state index is 0.108. The summed E-state index contributed by atoms with van der Waals surface area (Å²) in [6.45, 7) is 4.72. The molecule has 1 aliphatic carbocycles. The highest BCUT2D eigenvalue weighted by molar-refractivity contribution is 6.12. The standard InChI is InChI=1S/C25H26F2N4O/c1-17(31(14-15-32)16-20-6-4-5-13-30-20)21-7-2-3-8-22(21)25(29)23(27)24(28)18-9-11-19(26)12-10-18/h2-11,13,19,29,32H,1,12,14-16,28H2/b24-23+,29-25?. The van der Waals surface area contributed by atoms with Crippen molar-refractivity contribution in [2.45, 2.75) is 19.1 Å². The number of alkyl halides is 1. The van der Waals surface area contributed by atoms with E-state index in [1.807, 2.05) is 23.1 Å². The minimum Gasteiger partial charge on any atom is -0.396 e.